The van der Waals surface area contributed by atoms with Crippen molar-refractivity contribution in [3.63, 3.8) is 0 Å². The molecule has 31 heavy (non-hydrogen) atoms. The van der Waals surface area contributed by atoms with E-state index in [1.165, 1.54) is 6.92 Å². The standard InChI is InChI=1S/C24H29N3O4/c1-3-19-8-4-5-11-22(19)31-17-23(29)26-12-7-13-27(15-14-26)24(30)20-9-6-10-21(16-20)25-18(2)28/h4-6,8-11,16H,3,7,12-15,17H2,1-2H3,(H,25,28). The normalized spacial score (nSPS) is 14.0. The Bertz CT molecular complexity index is 944. The van der Waals surface area contributed by atoms with Gasteiger partial charge >= 0.3 is 0 Å². The van der Waals surface area contributed by atoms with Crippen LogP contribution in [0.2, 0.25) is 0 Å². The highest BCUT2D eigenvalue weighted by Crippen LogP contribution is 2.19. The number of nitrogens with zero attached hydrogens (tertiary/aromatic N) is 2. The summed E-state index contributed by atoms with van der Waals surface area (Å²) in [6.07, 6.45) is 1.54. The fourth-order valence-corrected chi connectivity index (χ4v) is 3.65. The third kappa shape index (κ3) is 6.07. The maximum absolute atomic E-state index is 12.9. The van der Waals surface area contributed by atoms with Crippen LogP contribution < -0.4 is 10.1 Å². The molecular formula is C24H29N3O4. The monoisotopic (exact) mass is 423 g/mol. The Morgan fingerprint density at radius 1 is 0.968 bits per heavy atom. The fraction of sp³-hybridized carbons (Fsp3) is 0.375. The minimum absolute atomic E-state index is 0.0102. The van der Waals surface area contributed by atoms with Crippen molar-refractivity contribution >= 4 is 23.4 Å². The first kappa shape index (κ1) is 22.3. The van der Waals surface area contributed by atoms with Crippen LogP contribution in [0.5, 0.6) is 5.75 Å². The van der Waals surface area contributed by atoms with Crippen LogP contribution >= 0.6 is 0 Å². The molecule has 3 rings (SSSR count). The predicted molar refractivity (Wildman–Crippen MR) is 119 cm³/mol. The van der Waals surface area contributed by atoms with Crippen molar-refractivity contribution in [3.05, 3.63) is 59.7 Å². The van der Waals surface area contributed by atoms with Crippen molar-refractivity contribution in [3.8, 4) is 5.75 Å². The quantitative estimate of drug-likeness (QED) is 0.775. The zero-order valence-corrected chi connectivity index (χ0v) is 18.1. The summed E-state index contributed by atoms with van der Waals surface area (Å²) in [5.74, 6) is 0.379. The van der Waals surface area contributed by atoms with Gasteiger partial charge in [-0.3, -0.25) is 14.4 Å². The zero-order chi connectivity index (χ0) is 22.2. The van der Waals surface area contributed by atoms with Crippen molar-refractivity contribution in [1.82, 2.24) is 9.80 Å². The molecular weight excluding hydrogens is 394 g/mol. The number of anilines is 1. The van der Waals surface area contributed by atoms with Gasteiger partial charge in [0.1, 0.15) is 5.75 Å². The highest BCUT2D eigenvalue weighted by Gasteiger charge is 2.23. The Kier molecular flexibility index (Phi) is 7.65. The molecule has 1 aliphatic rings. The first-order valence-corrected chi connectivity index (χ1v) is 10.6. The highest BCUT2D eigenvalue weighted by molar-refractivity contribution is 5.96. The van der Waals surface area contributed by atoms with E-state index < -0.39 is 0 Å². The van der Waals surface area contributed by atoms with Gasteiger partial charge in [0, 0.05) is 44.4 Å². The molecule has 1 aliphatic heterocycles. The van der Waals surface area contributed by atoms with Crippen LogP contribution in [-0.4, -0.2) is 60.3 Å². The Morgan fingerprint density at radius 2 is 1.71 bits per heavy atom. The second-order valence-corrected chi connectivity index (χ2v) is 7.54. The smallest absolute Gasteiger partial charge is 0.260 e. The molecule has 7 nitrogen and oxygen atoms in total. The number of rotatable bonds is 6. The Hall–Kier alpha value is -3.35. The molecule has 7 heteroatoms. The van der Waals surface area contributed by atoms with E-state index in [4.69, 9.17) is 4.74 Å². The first-order valence-electron chi connectivity index (χ1n) is 10.6. The van der Waals surface area contributed by atoms with E-state index in [2.05, 4.69) is 12.2 Å². The molecule has 0 aromatic heterocycles. The van der Waals surface area contributed by atoms with Crippen LogP contribution in [0.4, 0.5) is 5.69 Å². The molecule has 0 radical (unpaired) electrons. The van der Waals surface area contributed by atoms with Gasteiger partial charge in [-0.2, -0.15) is 0 Å². The van der Waals surface area contributed by atoms with Crippen molar-refractivity contribution < 1.29 is 19.1 Å². The number of carbonyl (C=O) groups is 3. The molecule has 0 atom stereocenters. The summed E-state index contributed by atoms with van der Waals surface area (Å²) in [6, 6.07) is 14.6. The van der Waals surface area contributed by atoms with Gasteiger partial charge in [-0.25, -0.2) is 0 Å². The van der Waals surface area contributed by atoms with Gasteiger partial charge in [0.15, 0.2) is 6.61 Å². The summed E-state index contributed by atoms with van der Waals surface area (Å²) in [7, 11) is 0. The highest BCUT2D eigenvalue weighted by atomic mass is 16.5. The van der Waals surface area contributed by atoms with E-state index in [1.807, 2.05) is 24.3 Å². The molecule has 0 unspecified atom stereocenters. The molecule has 3 amide bonds. The molecule has 1 heterocycles. The first-order chi connectivity index (χ1) is 15.0. The maximum atomic E-state index is 12.9. The molecule has 164 valence electrons. The van der Waals surface area contributed by atoms with Crippen LogP contribution in [0.25, 0.3) is 0 Å². The molecule has 2 aromatic carbocycles. The van der Waals surface area contributed by atoms with Crippen molar-refractivity contribution in [2.24, 2.45) is 0 Å². The largest absolute Gasteiger partial charge is 0.483 e. The van der Waals surface area contributed by atoms with E-state index in [1.54, 1.807) is 34.1 Å². The van der Waals surface area contributed by atoms with Crippen LogP contribution in [0.15, 0.2) is 48.5 Å². The van der Waals surface area contributed by atoms with E-state index in [-0.39, 0.29) is 24.3 Å². The Balaban J connectivity index is 1.56. The summed E-state index contributed by atoms with van der Waals surface area (Å²) >= 11 is 0. The lowest BCUT2D eigenvalue weighted by Gasteiger charge is -2.22. The van der Waals surface area contributed by atoms with E-state index in [9.17, 15) is 14.4 Å². The lowest BCUT2D eigenvalue weighted by Crippen LogP contribution is -2.39. The Labute approximate surface area is 183 Å². The van der Waals surface area contributed by atoms with Crippen LogP contribution in [0, 0.1) is 0 Å². The molecule has 2 aromatic rings. The van der Waals surface area contributed by atoms with Crippen molar-refractivity contribution in [2.45, 2.75) is 26.7 Å². The number of benzene rings is 2. The average Bonchev–Trinajstić information content (AvgIpc) is 3.03. The topological polar surface area (TPSA) is 79.0 Å². The third-order valence-corrected chi connectivity index (χ3v) is 5.27. The van der Waals surface area contributed by atoms with Gasteiger partial charge < -0.3 is 19.9 Å². The van der Waals surface area contributed by atoms with Crippen molar-refractivity contribution in [1.29, 1.82) is 0 Å². The van der Waals surface area contributed by atoms with E-state index in [0.717, 1.165) is 17.7 Å². The number of hydrogen-bond acceptors (Lipinski definition) is 4. The van der Waals surface area contributed by atoms with Gasteiger partial charge in [-0.05, 0) is 42.7 Å². The number of aryl methyl sites for hydroxylation is 1. The average molecular weight is 424 g/mol. The molecule has 1 N–H and O–H groups in total. The third-order valence-electron chi connectivity index (χ3n) is 5.27. The van der Waals surface area contributed by atoms with Crippen LogP contribution in [0.3, 0.4) is 0 Å². The molecule has 0 saturated carbocycles. The molecule has 0 aliphatic carbocycles. The van der Waals surface area contributed by atoms with Crippen LogP contribution in [-0.2, 0) is 16.0 Å². The Morgan fingerprint density at radius 3 is 2.48 bits per heavy atom. The van der Waals surface area contributed by atoms with E-state index >= 15 is 0 Å². The molecule has 1 fully saturated rings. The number of para-hydroxylation sites is 1. The van der Waals surface area contributed by atoms with Gasteiger partial charge in [0.25, 0.3) is 11.8 Å². The number of amides is 3. The van der Waals surface area contributed by atoms with Gasteiger partial charge in [0.05, 0.1) is 0 Å². The fourth-order valence-electron chi connectivity index (χ4n) is 3.65. The van der Waals surface area contributed by atoms with E-state index in [0.29, 0.717) is 43.9 Å². The lowest BCUT2D eigenvalue weighted by molar-refractivity contribution is -0.133. The van der Waals surface area contributed by atoms with Gasteiger partial charge in [-0.15, -0.1) is 0 Å². The predicted octanol–water partition coefficient (Wildman–Crippen LogP) is 2.96. The van der Waals surface area contributed by atoms with Gasteiger partial charge in [-0.1, -0.05) is 31.2 Å². The van der Waals surface area contributed by atoms with Crippen molar-refractivity contribution in [2.75, 3.05) is 38.1 Å². The number of nitrogens with one attached hydrogen (secondary N) is 1. The van der Waals surface area contributed by atoms with Gasteiger partial charge in [0.2, 0.25) is 5.91 Å². The second kappa shape index (κ2) is 10.6. The molecule has 0 spiro atoms. The summed E-state index contributed by atoms with van der Waals surface area (Å²) in [5.41, 5.74) is 2.18. The SMILES string of the molecule is CCc1ccccc1OCC(=O)N1CCCN(C(=O)c2cccc(NC(C)=O)c2)CC1. The lowest BCUT2D eigenvalue weighted by atomic mass is 10.1. The zero-order valence-electron chi connectivity index (χ0n) is 18.1. The summed E-state index contributed by atoms with van der Waals surface area (Å²) in [4.78, 5) is 40.4. The minimum Gasteiger partial charge on any atom is -0.483 e. The number of carbonyl (C=O) groups excluding carboxylic acids is 3. The number of ether oxygens (including phenoxy) is 1. The summed E-state index contributed by atoms with van der Waals surface area (Å²) in [6.45, 7) is 5.56. The molecule has 0 bridgehead atoms. The maximum Gasteiger partial charge on any atom is 0.260 e. The second-order valence-electron chi connectivity index (χ2n) is 7.54. The summed E-state index contributed by atoms with van der Waals surface area (Å²) < 4.78 is 5.77. The number of hydrogen-bond donors (Lipinski definition) is 1. The van der Waals surface area contributed by atoms with Crippen LogP contribution in [0.1, 0.15) is 36.2 Å². The molecule has 1 saturated heterocycles. The summed E-state index contributed by atoms with van der Waals surface area (Å²) in [5, 5.41) is 2.70. The minimum atomic E-state index is -0.183.